The van der Waals surface area contributed by atoms with Crippen molar-refractivity contribution in [3.63, 3.8) is 0 Å². The Morgan fingerprint density at radius 1 is 1.39 bits per heavy atom. The predicted molar refractivity (Wildman–Crippen MR) is 72.2 cm³/mol. The van der Waals surface area contributed by atoms with Crippen molar-refractivity contribution >= 4 is 21.8 Å². The van der Waals surface area contributed by atoms with Crippen LogP contribution in [0.5, 0.6) is 0 Å². The first-order valence-electron chi connectivity index (χ1n) is 5.96. The first-order chi connectivity index (χ1) is 8.64. The molecule has 1 aromatic rings. The molecule has 0 aromatic carbocycles. The third kappa shape index (κ3) is 3.09. The molecule has 5 nitrogen and oxygen atoms in total. The van der Waals surface area contributed by atoms with Gasteiger partial charge in [0.25, 0.3) is 10.0 Å². The molecule has 2 rings (SSSR count). The number of rotatable bonds is 4. The number of thioether (sulfide) groups is 1. The Balaban J connectivity index is 2.17. The molecule has 0 bridgehead atoms. The maximum absolute atomic E-state index is 12.4. The van der Waals surface area contributed by atoms with Crippen molar-refractivity contribution < 1.29 is 12.8 Å². The zero-order chi connectivity index (χ0) is 13.0. The first-order valence-corrected chi connectivity index (χ1v) is 8.55. The smallest absolute Gasteiger partial charge is 0.276 e. The van der Waals surface area contributed by atoms with E-state index in [2.05, 4.69) is 5.32 Å². The van der Waals surface area contributed by atoms with E-state index in [9.17, 15) is 8.42 Å². The number of nitrogens with zero attached hydrogens (tertiary/aromatic N) is 1. The third-order valence-corrected chi connectivity index (χ3v) is 5.58. The Bertz CT molecular complexity index is 476. The number of nitrogens with one attached hydrogen (secondary N) is 1. The highest BCUT2D eigenvalue weighted by molar-refractivity contribution is 7.99. The molecule has 0 saturated carbocycles. The summed E-state index contributed by atoms with van der Waals surface area (Å²) in [7, 11) is -1.66. The molecule has 0 aliphatic carbocycles. The Morgan fingerprint density at radius 3 is 3.00 bits per heavy atom. The highest BCUT2D eigenvalue weighted by Gasteiger charge is 2.28. The van der Waals surface area contributed by atoms with Gasteiger partial charge in [0.1, 0.15) is 5.76 Å². The van der Waals surface area contributed by atoms with Gasteiger partial charge in [0.2, 0.25) is 5.09 Å². The van der Waals surface area contributed by atoms with E-state index < -0.39 is 10.0 Å². The van der Waals surface area contributed by atoms with Crippen molar-refractivity contribution in [2.75, 3.05) is 31.6 Å². The van der Waals surface area contributed by atoms with Gasteiger partial charge in [-0.1, -0.05) is 0 Å². The third-order valence-electron chi connectivity index (χ3n) is 2.76. The second kappa shape index (κ2) is 6.10. The van der Waals surface area contributed by atoms with Crippen LogP contribution in [0.3, 0.4) is 0 Å². The highest BCUT2D eigenvalue weighted by atomic mass is 32.2. The fourth-order valence-corrected chi connectivity index (χ4v) is 4.27. The number of furan rings is 1. The fourth-order valence-electron chi connectivity index (χ4n) is 1.86. The van der Waals surface area contributed by atoms with E-state index in [1.165, 1.54) is 4.31 Å². The maximum atomic E-state index is 12.4. The Hall–Kier alpha value is -0.500. The molecule has 1 fully saturated rings. The molecule has 18 heavy (non-hydrogen) atoms. The number of hydrogen-bond donors (Lipinski definition) is 1. The molecule has 1 aliphatic rings. The Morgan fingerprint density at radius 2 is 2.22 bits per heavy atom. The first kappa shape index (κ1) is 13.9. The molecule has 1 aliphatic heterocycles. The topological polar surface area (TPSA) is 62.6 Å². The minimum Gasteiger partial charge on any atom is -0.447 e. The van der Waals surface area contributed by atoms with E-state index >= 15 is 0 Å². The highest BCUT2D eigenvalue weighted by Crippen LogP contribution is 2.21. The van der Waals surface area contributed by atoms with Gasteiger partial charge >= 0.3 is 0 Å². The standard InChI is InChI=1S/C11H18N2O3S2/c1-12-9-10-3-4-11(16-10)18(14,15)13-5-2-7-17-8-6-13/h3-4,12H,2,5-9H2,1H3. The summed E-state index contributed by atoms with van der Waals surface area (Å²) in [5.41, 5.74) is 0. The molecule has 1 saturated heterocycles. The summed E-state index contributed by atoms with van der Waals surface area (Å²) in [6, 6.07) is 3.25. The lowest BCUT2D eigenvalue weighted by atomic mass is 10.4. The summed E-state index contributed by atoms with van der Waals surface area (Å²) < 4.78 is 31.6. The van der Waals surface area contributed by atoms with Crippen molar-refractivity contribution in [1.82, 2.24) is 9.62 Å². The molecule has 2 heterocycles. The molecule has 1 N–H and O–H groups in total. The summed E-state index contributed by atoms with van der Waals surface area (Å²) in [6.45, 7) is 1.68. The molecule has 0 unspecified atom stereocenters. The van der Waals surface area contributed by atoms with Crippen LogP contribution in [0.2, 0.25) is 0 Å². The normalized spacial score (nSPS) is 18.7. The van der Waals surface area contributed by atoms with E-state index in [1.54, 1.807) is 30.9 Å². The summed E-state index contributed by atoms with van der Waals surface area (Å²) in [4.78, 5) is 0. The quantitative estimate of drug-likeness (QED) is 0.900. The van der Waals surface area contributed by atoms with Gasteiger partial charge in [-0.15, -0.1) is 0 Å². The minimum absolute atomic E-state index is 0.0552. The predicted octanol–water partition coefficient (Wildman–Crippen LogP) is 1.13. The molecular formula is C11H18N2O3S2. The Kier molecular flexibility index (Phi) is 4.71. The lowest BCUT2D eigenvalue weighted by Crippen LogP contribution is -2.32. The monoisotopic (exact) mass is 290 g/mol. The van der Waals surface area contributed by atoms with Crippen LogP contribution in [0.4, 0.5) is 0 Å². The number of sulfonamides is 1. The van der Waals surface area contributed by atoms with Gasteiger partial charge in [0, 0.05) is 18.8 Å². The minimum atomic E-state index is -3.46. The van der Waals surface area contributed by atoms with Crippen molar-refractivity contribution in [3.05, 3.63) is 17.9 Å². The van der Waals surface area contributed by atoms with Gasteiger partial charge in [-0.25, -0.2) is 8.42 Å². The van der Waals surface area contributed by atoms with Gasteiger partial charge in [0.05, 0.1) is 6.54 Å². The molecule has 1 aromatic heterocycles. The zero-order valence-electron chi connectivity index (χ0n) is 10.4. The molecule has 7 heteroatoms. The Labute approximate surface area is 112 Å². The average molecular weight is 290 g/mol. The summed E-state index contributed by atoms with van der Waals surface area (Å²) in [5.74, 6) is 2.51. The van der Waals surface area contributed by atoms with Crippen LogP contribution >= 0.6 is 11.8 Å². The zero-order valence-corrected chi connectivity index (χ0v) is 12.0. The van der Waals surface area contributed by atoms with Gasteiger partial charge in [-0.2, -0.15) is 16.1 Å². The van der Waals surface area contributed by atoms with Crippen molar-refractivity contribution in [1.29, 1.82) is 0 Å². The number of hydrogen-bond acceptors (Lipinski definition) is 5. The molecule has 102 valence electrons. The summed E-state index contributed by atoms with van der Waals surface area (Å²) in [6.07, 6.45) is 0.897. The SMILES string of the molecule is CNCc1ccc(S(=O)(=O)N2CCCSCC2)o1. The lowest BCUT2D eigenvalue weighted by molar-refractivity contribution is 0.373. The largest absolute Gasteiger partial charge is 0.447 e. The molecule has 0 radical (unpaired) electrons. The fraction of sp³-hybridized carbons (Fsp3) is 0.636. The maximum Gasteiger partial charge on any atom is 0.276 e. The van der Waals surface area contributed by atoms with Gasteiger partial charge < -0.3 is 9.73 Å². The van der Waals surface area contributed by atoms with Crippen molar-refractivity contribution in [2.45, 2.75) is 18.1 Å². The second-order valence-electron chi connectivity index (χ2n) is 4.12. The lowest BCUT2D eigenvalue weighted by Gasteiger charge is -2.17. The molecule has 0 atom stereocenters. The van der Waals surface area contributed by atoms with Crippen LogP contribution in [-0.4, -0.2) is 44.4 Å². The van der Waals surface area contributed by atoms with Gasteiger partial charge in [-0.05, 0) is 31.4 Å². The van der Waals surface area contributed by atoms with E-state index in [-0.39, 0.29) is 5.09 Å². The van der Waals surface area contributed by atoms with Crippen LogP contribution in [0.25, 0.3) is 0 Å². The van der Waals surface area contributed by atoms with Gasteiger partial charge in [0.15, 0.2) is 0 Å². The van der Waals surface area contributed by atoms with E-state index in [0.29, 0.717) is 25.4 Å². The summed E-state index contributed by atoms with van der Waals surface area (Å²) in [5, 5.41) is 2.99. The second-order valence-corrected chi connectivity index (χ2v) is 7.21. The average Bonchev–Trinajstić information content (AvgIpc) is 2.65. The van der Waals surface area contributed by atoms with Crippen molar-refractivity contribution in [2.24, 2.45) is 0 Å². The van der Waals surface area contributed by atoms with Crippen LogP contribution in [-0.2, 0) is 16.6 Å². The molecular weight excluding hydrogens is 272 g/mol. The van der Waals surface area contributed by atoms with Crippen LogP contribution < -0.4 is 5.32 Å². The van der Waals surface area contributed by atoms with Crippen LogP contribution in [0, 0.1) is 0 Å². The van der Waals surface area contributed by atoms with E-state index in [1.807, 2.05) is 0 Å². The van der Waals surface area contributed by atoms with Crippen LogP contribution in [0.1, 0.15) is 12.2 Å². The van der Waals surface area contributed by atoms with Crippen LogP contribution in [0.15, 0.2) is 21.6 Å². The summed E-state index contributed by atoms with van der Waals surface area (Å²) >= 11 is 1.80. The molecule has 0 spiro atoms. The molecule has 0 amide bonds. The van der Waals surface area contributed by atoms with Crippen molar-refractivity contribution in [3.8, 4) is 0 Å². The van der Waals surface area contributed by atoms with Gasteiger partial charge in [-0.3, -0.25) is 0 Å². The van der Waals surface area contributed by atoms with E-state index in [0.717, 1.165) is 17.9 Å². The van der Waals surface area contributed by atoms with E-state index in [4.69, 9.17) is 4.42 Å².